The van der Waals surface area contributed by atoms with Gasteiger partial charge in [0.2, 0.25) is 0 Å². The van der Waals surface area contributed by atoms with Crippen molar-refractivity contribution in [3.05, 3.63) is 60.8 Å². The van der Waals surface area contributed by atoms with Gasteiger partial charge >= 0.3 is 17.9 Å². The van der Waals surface area contributed by atoms with Crippen LogP contribution in [0, 0.1) is 0 Å². The molecule has 0 aliphatic heterocycles. The summed E-state index contributed by atoms with van der Waals surface area (Å²) in [7, 11) is 0. The van der Waals surface area contributed by atoms with Crippen molar-refractivity contribution < 1.29 is 28.6 Å². The van der Waals surface area contributed by atoms with Crippen LogP contribution in [0.1, 0.15) is 278 Å². The lowest BCUT2D eigenvalue weighted by molar-refractivity contribution is -0.167. The number of carbonyl (C=O) groups is 3. The van der Waals surface area contributed by atoms with E-state index < -0.39 is 6.10 Å². The molecule has 0 aromatic heterocycles. The van der Waals surface area contributed by atoms with E-state index in [-0.39, 0.29) is 31.1 Å². The Bertz CT molecular complexity index is 1180. The van der Waals surface area contributed by atoms with Gasteiger partial charge in [-0.2, -0.15) is 0 Å². The van der Waals surface area contributed by atoms with E-state index in [1.807, 2.05) is 0 Å². The van der Waals surface area contributed by atoms with Crippen molar-refractivity contribution in [1.82, 2.24) is 0 Å². The lowest BCUT2D eigenvalue weighted by atomic mass is 10.1. The number of unbranched alkanes of at least 4 members (excludes halogenated alkanes) is 30. The standard InChI is InChI=1S/C59H104O6/c1-4-7-10-13-16-19-22-24-26-28-29-31-32-34-37-40-43-46-49-52-58(61)64-55-56(54-63-57(60)51-48-45-42-39-36-21-18-15-12-9-6-3)65-59(62)53-50-47-44-41-38-35-33-30-27-25-23-20-17-14-11-8-5-2/h15-20,22,24-25,27,56H,4-14,21,23,26,28-55H2,1-3H3/b18-15-,19-16-,20-17-,24-22-,27-25-. The summed E-state index contributed by atoms with van der Waals surface area (Å²) in [6.07, 6.45) is 66.3. The van der Waals surface area contributed by atoms with Crippen LogP contribution in [0.2, 0.25) is 0 Å². The van der Waals surface area contributed by atoms with Crippen molar-refractivity contribution >= 4 is 17.9 Å². The van der Waals surface area contributed by atoms with E-state index in [0.29, 0.717) is 19.3 Å². The Morgan fingerprint density at radius 2 is 0.615 bits per heavy atom. The number of allylic oxidation sites excluding steroid dienone is 10. The summed E-state index contributed by atoms with van der Waals surface area (Å²) in [5, 5.41) is 0. The van der Waals surface area contributed by atoms with Gasteiger partial charge in [0.15, 0.2) is 6.10 Å². The molecular formula is C59H104O6. The first-order valence-corrected chi connectivity index (χ1v) is 27.8. The first kappa shape index (κ1) is 62.1. The van der Waals surface area contributed by atoms with Crippen LogP contribution in [0.25, 0.3) is 0 Å². The Morgan fingerprint density at radius 1 is 0.323 bits per heavy atom. The van der Waals surface area contributed by atoms with Gasteiger partial charge in [0.1, 0.15) is 13.2 Å². The second-order valence-electron chi connectivity index (χ2n) is 18.5. The highest BCUT2D eigenvalue weighted by Gasteiger charge is 2.19. The van der Waals surface area contributed by atoms with Crippen LogP contribution in [-0.2, 0) is 28.6 Å². The van der Waals surface area contributed by atoms with Crippen molar-refractivity contribution in [3.63, 3.8) is 0 Å². The van der Waals surface area contributed by atoms with Crippen molar-refractivity contribution in [2.24, 2.45) is 0 Å². The van der Waals surface area contributed by atoms with Crippen LogP contribution in [0.3, 0.4) is 0 Å². The van der Waals surface area contributed by atoms with Crippen molar-refractivity contribution in [1.29, 1.82) is 0 Å². The summed E-state index contributed by atoms with van der Waals surface area (Å²) in [6.45, 7) is 6.55. The predicted octanol–water partition coefficient (Wildman–Crippen LogP) is 18.4. The van der Waals surface area contributed by atoms with Gasteiger partial charge in [-0.15, -0.1) is 0 Å². The number of hydrogen-bond donors (Lipinski definition) is 0. The number of ether oxygens (including phenoxy) is 3. The second kappa shape index (κ2) is 53.7. The van der Waals surface area contributed by atoms with E-state index in [9.17, 15) is 14.4 Å². The maximum absolute atomic E-state index is 12.8. The molecule has 0 heterocycles. The molecule has 6 nitrogen and oxygen atoms in total. The fourth-order valence-corrected chi connectivity index (χ4v) is 7.74. The Morgan fingerprint density at radius 3 is 1.00 bits per heavy atom. The molecule has 0 bridgehead atoms. The molecule has 0 saturated carbocycles. The topological polar surface area (TPSA) is 78.9 Å². The molecule has 0 aliphatic carbocycles. The number of carbonyl (C=O) groups excluding carboxylic acids is 3. The fraction of sp³-hybridized carbons (Fsp3) is 0.780. The zero-order chi connectivity index (χ0) is 47.2. The van der Waals surface area contributed by atoms with E-state index in [1.54, 1.807) is 0 Å². The lowest BCUT2D eigenvalue weighted by Crippen LogP contribution is -2.30. The first-order valence-electron chi connectivity index (χ1n) is 27.8. The molecule has 0 aromatic carbocycles. The molecule has 0 aromatic rings. The zero-order valence-corrected chi connectivity index (χ0v) is 43.0. The average Bonchev–Trinajstić information content (AvgIpc) is 3.30. The van der Waals surface area contributed by atoms with Crippen molar-refractivity contribution in [2.45, 2.75) is 284 Å². The first-order chi connectivity index (χ1) is 32.0. The Hall–Kier alpha value is -2.89. The average molecular weight is 909 g/mol. The third kappa shape index (κ3) is 51.9. The van der Waals surface area contributed by atoms with Crippen LogP contribution >= 0.6 is 0 Å². The Labute approximate surface area is 402 Å². The number of esters is 3. The van der Waals surface area contributed by atoms with Gasteiger partial charge < -0.3 is 14.2 Å². The summed E-state index contributed by atoms with van der Waals surface area (Å²) in [4.78, 5) is 38.1. The van der Waals surface area contributed by atoms with Gasteiger partial charge in [-0.25, -0.2) is 0 Å². The minimum atomic E-state index is -0.782. The fourth-order valence-electron chi connectivity index (χ4n) is 7.74. The van der Waals surface area contributed by atoms with E-state index >= 15 is 0 Å². The molecule has 0 rings (SSSR count). The summed E-state index contributed by atoms with van der Waals surface area (Å²) in [5.74, 6) is -0.895. The molecule has 0 aliphatic rings. The molecule has 0 spiro atoms. The molecule has 0 amide bonds. The van der Waals surface area contributed by atoms with E-state index in [2.05, 4.69) is 81.5 Å². The molecule has 6 heteroatoms. The van der Waals surface area contributed by atoms with E-state index in [4.69, 9.17) is 14.2 Å². The van der Waals surface area contributed by atoms with Crippen LogP contribution in [0.4, 0.5) is 0 Å². The summed E-state index contributed by atoms with van der Waals surface area (Å²) in [6, 6.07) is 0. The van der Waals surface area contributed by atoms with Gasteiger partial charge in [-0.3, -0.25) is 14.4 Å². The third-order valence-electron chi connectivity index (χ3n) is 12.0. The highest BCUT2D eigenvalue weighted by atomic mass is 16.6. The molecule has 0 radical (unpaired) electrons. The molecule has 376 valence electrons. The quantitative estimate of drug-likeness (QED) is 0.0199. The van der Waals surface area contributed by atoms with Gasteiger partial charge in [-0.05, 0) is 96.3 Å². The number of rotatable bonds is 50. The van der Waals surface area contributed by atoms with Crippen LogP contribution in [-0.4, -0.2) is 37.2 Å². The normalized spacial score (nSPS) is 12.5. The second-order valence-corrected chi connectivity index (χ2v) is 18.5. The van der Waals surface area contributed by atoms with Crippen LogP contribution in [0.5, 0.6) is 0 Å². The van der Waals surface area contributed by atoms with E-state index in [1.165, 1.54) is 161 Å². The monoisotopic (exact) mass is 909 g/mol. The molecule has 65 heavy (non-hydrogen) atoms. The maximum Gasteiger partial charge on any atom is 0.306 e. The minimum absolute atomic E-state index is 0.0812. The van der Waals surface area contributed by atoms with Crippen molar-refractivity contribution in [2.75, 3.05) is 13.2 Å². The Balaban J connectivity index is 4.35. The lowest BCUT2D eigenvalue weighted by Gasteiger charge is -2.18. The summed E-state index contributed by atoms with van der Waals surface area (Å²) in [5.41, 5.74) is 0. The highest BCUT2D eigenvalue weighted by molar-refractivity contribution is 5.71. The molecule has 1 unspecified atom stereocenters. The zero-order valence-electron chi connectivity index (χ0n) is 43.0. The maximum atomic E-state index is 12.8. The van der Waals surface area contributed by atoms with Gasteiger partial charge in [0.05, 0.1) is 0 Å². The molecular weight excluding hydrogens is 805 g/mol. The van der Waals surface area contributed by atoms with Crippen LogP contribution < -0.4 is 0 Å². The molecule has 0 saturated heterocycles. The minimum Gasteiger partial charge on any atom is -0.462 e. The molecule has 0 N–H and O–H groups in total. The predicted molar refractivity (Wildman–Crippen MR) is 279 cm³/mol. The number of hydrogen-bond acceptors (Lipinski definition) is 6. The highest BCUT2D eigenvalue weighted by Crippen LogP contribution is 2.15. The largest absolute Gasteiger partial charge is 0.462 e. The summed E-state index contributed by atoms with van der Waals surface area (Å²) < 4.78 is 16.8. The van der Waals surface area contributed by atoms with Gasteiger partial charge in [0.25, 0.3) is 0 Å². The smallest absolute Gasteiger partial charge is 0.306 e. The molecule has 1 atom stereocenters. The van der Waals surface area contributed by atoms with Gasteiger partial charge in [0, 0.05) is 19.3 Å². The van der Waals surface area contributed by atoms with Crippen LogP contribution in [0.15, 0.2) is 60.8 Å². The third-order valence-corrected chi connectivity index (χ3v) is 12.0. The van der Waals surface area contributed by atoms with Crippen molar-refractivity contribution in [3.8, 4) is 0 Å². The molecule has 0 fully saturated rings. The van der Waals surface area contributed by atoms with E-state index in [0.717, 1.165) is 77.0 Å². The SMILES string of the molecule is CCCC/C=C\CCCCCCCC(=O)OCC(COC(=O)CCCCCCCCCCCC/C=C\C=C/CCCCC)OC(=O)CCCCCCCCC/C=C\C/C=C\CCCCC. The Kier molecular flexibility index (Phi) is 51.3. The summed E-state index contributed by atoms with van der Waals surface area (Å²) >= 11 is 0. The van der Waals surface area contributed by atoms with Gasteiger partial charge in [-0.1, -0.05) is 223 Å².